The van der Waals surface area contributed by atoms with Crippen LogP contribution in [0.4, 0.5) is 4.39 Å². The summed E-state index contributed by atoms with van der Waals surface area (Å²) in [6, 6.07) is 5.43. The van der Waals surface area contributed by atoms with E-state index >= 15 is 0 Å². The van der Waals surface area contributed by atoms with E-state index in [4.69, 9.17) is 4.74 Å². The van der Waals surface area contributed by atoms with Gasteiger partial charge in [-0.05, 0) is 75.2 Å². The number of benzene rings is 1. The van der Waals surface area contributed by atoms with Crippen LogP contribution in [0.15, 0.2) is 18.2 Å². The van der Waals surface area contributed by atoms with Crippen LogP contribution in [0.2, 0.25) is 0 Å². The van der Waals surface area contributed by atoms with E-state index in [1.807, 2.05) is 12.1 Å². The van der Waals surface area contributed by atoms with Crippen LogP contribution in [0.3, 0.4) is 0 Å². The highest BCUT2D eigenvalue weighted by Gasteiger charge is 2.20. The third-order valence-corrected chi connectivity index (χ3v) is 4.36. The lowest BCUT2D eigenvalue weighted by Gasteiger charge is -2.24. The van der Waals surface area contributed by atoms with Crippen LogP contribution < -0.4 is 10.1 Å². The van der Waals surface area contributed by atoms with Crippen LogP contribution in [0.1, 0.15) is 50.0 Å². The maximum atomic E-state index is 13.9. The summed E-state index contributed by atoms with van der Waals surface area (Å²) >= 11 is 0. The Labute approximate surface area is 126 Å². The molecule has 4 heteroatoms. The van der Waals surface area contributed by atoms with Gasteiger partial charge in [-0.2, -0.15) is 0 Å². The average Bonchev–Trinajstić information content (AvgIpc) is 2.95. The number of piperidine rings is 1. The minimum absolute atomic E-state index is 0. The molecule has 0 spiro atoms. The molecule has 1 N–H and O–H groups in total. The van der Waals surface area contributed by atoms with Crippen molar-refractivity contribution in [3.63, 3.8) is 0 Å². The van der Waals surface area contributed by atoms with Crippen molar-refractivity contribution in [2.75, 3.05) is 13.1 Å². The van der Waals surface area contributed by atoms with Gasteiger partial charge >= 0.3 is 0 Å². The van der Waals surface area contributed by atoms with E-state index in [2.05, 4.69) is 5.32 Å². The van der Waals surface area contributed by atoms with Crippen LogP contribution in [0, 0.1) is 5.82 Å². The summed E-state index contributed by atoms with van der Waals surface area (Å²) in [6.45, 7) is 2.11. The van der Waals surface area contributed by atoms with E-state index in [1.165, 1.54) is 18.4 Å². The Kier molecular flexibility index (Phi) is 5.67. The second-order valence-corrected chi connectivity index (χ2v) is 5.74. The summed E-state index contributed by atoms with van der Waals surface area (Å²) < 4.78 is 19.7. The van der Waals surface area contributed by atoms with Gasteiger partial charge in [0, 0.05) is 0 Å². The van der Waals surface area contributed by atoms with Gasteiger partial charge in [-0.1, -0.05) is 6.07 Å². The molecule has 1 saturated heterocycles. The minimum Gasteiger partial charge on any atom is -0.487 e. The highest BCUT2D eigenvalue weighted by Crippen LogP contribution is 2.31. The van der Waals surface area contributed by atoms with Gasteiger partial charge in [0.15, 0.2) is 11.6 Å². The molecule has 3 rings (SSSR count). The molecule has 2 aliphatic rings. The van der Waals surface area contributed by atoms with Gasteiger partial charge < -0.3 is 10.1 Å². The van der Waals surface area contributed by atoms with Crippen molar-refractivity contribution in [1.29, 1.82) is 0 Å². The van der Waals surface area contributed by atoms with Gasteiger partial charge in [0.1, 0.15) is 0 Å². The molecule has 0 atom stereocenters. The number of rotatable bonds is 3. The molecule has 0 unspecified atom stereocenters. The Balaban J connectivity index is 0.00000147. The molecule has 0 radical (unpaired) electrons. The summed E-state index contributed by atoms with van der Waals surface area (Å²) in [6.07, 6.45) is 7.04. The van der Waals surface area contributed by atoms with E-state index in [9.17, 15) is 4.39 Å². The van der Waals surface area contributed by atoms with Crippen molar-refractivity contribution in [2.24, 2.45) is 0 Å². The lowest BCUT2D eigenvalue weighted by molar-refractivity contribution is 0.200. The molecule has 1 aliphatic heterocycles. The molecule has 1 aromatic rings. The number of hydrogen-bond acceptors (Lipinski definition) is 2. The Hall–Kier alpha value is -0.800. The Bertz CT molecular complexity index is 428. The Morgan fingerprint density at radius 2 is 1.75 bits per heavy atom. The smallest absolute Gasteiger partial charge is 0.165 e. The fraction of sp³-hybridized carbons (Fsp3) is 0.625. The summed E-state index contributed by atoms with van der Waals surface area (Å²) in [5.74, 6) is 0.792. The highest BCUT2D eigenvalue weighted by molar-refractivity contribution is 5.85. The lowest BCUT2D eigenvalue weighted by Crippen LogP contribution is -2.26. The molecule has 0 amide bonds. The van der Waals surface area contributed by atoms with Gasteiger partial charge in [0.25, 0.3) is 0 Å². The fourth-order valence-corrected chi connectivity index (χ4v) is 3.21. The lowest BCUT2D eigenvalue weighted by atomic mass is 9.90. The van der Waals surface area contributed by atoms with Crippen LogP contribution in [0.5, 0.6) is 5.75 Å². The predicted octanol–water partition coefficient (Wildman–Crippen LogP) is 4.04. The molecular formula is C16H23ClFNO. The summed E-state index contributed by atoms with van der Waals surface area (Å²) in [5.41, 5.74) is 1.23. The molecule has 1 heterocycles. The monoisotopic (exact) mass is 299 g/mol. The van der Waals surface area contributed by atoms with E-state index in [-0.39, 0.29) is 24.3 Å². The topological polar surface area (TPSA) is 21.3 Å². The molecular weight excluding hydrogens is 277 g/mol. The van der Waals surface area contributed by atoms with Gasteiger partial charge in [-0.25, -0.2) is 4.39 Å². The van der Waals surface area contributed by atoms with E-state index < -0.39 is 0 Å². The SMILES string of the molecule is Cl.Fc1ccc(C2CCNCC2)cc1OC1CCCC1. The number of nitrogens with one attached hydrogen (secondary N) is 1. The zero-order valence-electron chi connectivity index (χ0n) is 11.7. The number of halogens is 2. The van der Waals surface area contributed by atoms with Crippen molar-refractivity contribution in [3.05, 3.63) is 29.6 Å². The second kappa shape index (κ2) is 7.28. The maximum absolute atomic E-state index is 13.9. The molecule has 2 fully saturated rings. The third-order valence-electron chi connectivity index (χ3n) is 4.36. The first-order valence-corrected chi connectivity index (χ1v) is 7.50. The van der Waals surface area contributed by atoms with E-state index in [1.54, 1.807) is 6.07 Å². The van der Waals surface area contributed by atoms with Gasteiger partial charge in [-0.3, -0.25) is 0 Å². The fourth-order valence-electron chi connectivity index (χ4n) is 3.21. The van der Waals surface area contributed by atoms with Crippen molar-refractivity contribution in [2.45, 2.75) is 50.5 Å². The number of ether oxygens (including phenoxy) is 1. The standard InChI is InChI=1S/C16H22FNO.ClH/c17-15-6-5-13(12-7-9-18-10-8-12)11-16(15)19-14-3-1-2-4-14;/h5-6,11-12,14,18H,1-4,7-10H2;1H. The van der Waals surface area contributed by atoms with Crippen molar-refractivity contribution >= 4 is 12.4 Å². The zero-order valence-corrected chi connectivity index (χ0v) is 12.6. The molecule has 2 nitrogen and oxygen atoms in total. The summed E-state index contributed by atoms with van der Waals surface area (Å²) in [5, 5.41) is 3.36. The first kappa shape index (κ1) is 15.6. The van der Waals surface area contributed by atoms with Gasteiger partial charge in [0.2, 0.25) is 0 Å². The quantitative estimate of drug-likeness (QED) is 0.909. The Morgan fingerprint density at radius 3 is 2.45 bits per heavy atom. The molecule has 20 heavy (non-hydrogen) atoms. The molecule has 0 bridgehead atoms. The minimum atomic E-state index is -0.218. The van der Waals surface area contributed by atoms with Crippen molar-refractivity contribution < 1.29 is 9.13 Å². The van der Waals surface area contributed by atoms with Crippen molar-refractivity contribution in [3.8, 4) is 5.75 Å². The first-order valence-electron chi connectivity index (χ1n) is 7.50. The molecule has 1 saturated carbocycles. The van der Waals surface area contributed by atoms with Crippen LogP contribution in [-0.2, 0) is 0 Å². The zero-order chi connectivity index (χ0) is 13.1. The Morgan fingerprint density at radius 1 is 1.05 bits per heavy atom. The van der Waals surface area contributed by atoms with E-state index in [0.29, 0.717) is 11.7 Å². The predicted molar refractivity (Wildman–Crippen MR) is 81.4 cm³/mol. The van der Waals surface area contributed by atoms with Crippen molar-refractivity contribution in [1.82, 2.24) is 5.32 Å². The largest absolute Gasteiger partial charge is 0.487 e. The van der Waals surface area contributed by atoms with Crippen LogP contribution >= 0.6 is 12.4 Å². The molecule has 0 aromatic heterocycles. The summed E-state index contributed by atoms with van der Waals surface area (Å²) in [7, 11) is 0. The maximum Gasteiger partial charge on any atom is 0.165 e. The van der Waals surface area contributed by atoms with Crippen LogP contribution in [-0.4, -0.2) is 19.2 Å². The highest BCUT2D eigenvalue weighted by atomic mass is 35.5. The van der Waals surface area contributed by atoms with Crippen LogP contribution in [0.25, 0.3) is 0 Å². The molecule has 112 valence electrons. The molecule has 1 aliphatic carbocycles. The average molecular weight is 300 g/mol. The second-order valence-electron chi connectivity index (χ2n) is 5.74. The molecule has 1 aromatic carbocycles. The third kappa shape index (κ3) is 3.64. The number of hydrogen-bond donors (Lipinski definition) is 1. The van der Waals surface area contributed by atoms with E-state index in [0.717, 1.165) is 38.8 Å². The first-order chi connectivity index (χ1) is 9.33. The summed E-state index contributed by atoms with van der Waals surface area (Å²) in [4.78, 5) is 0. The van der Waals surface area contributed by atoms with Gasteiger partial charge in [0.05, 0.1) is 6.10 Å². The normalized spacial score (nSPS) is 20.6. The van der Waals surface area contributed by atoms with Gasteiger partial charge in [-0.15, -0.1) is 12.4 Å².